The van der Waals surface area contributed by atoms with E-state index in [0.717, 1.165) is 67.6 Å². The molecule has 1 aromatic carbocycles. The van der Waals surface area contributed by atoms with Crippen LogP contribution in [0.15, 0.2) is 24.3 Å². The van der Waals surface area contributed by atoms with Crippen LogP contribution in [0, 0.1) is 5.92 Å². The molecule has 1 saturated heterocycles. The quantitative estimate of drug-likeness (QED) is 0.744. The lowest BCUT2D eigenvalue weighted by atomic mass is 9.90. The summed E-state index contributed by atoms with van der Waals surface area (Å²) >= 11 is 1.71. The number of para-hydroxylation sites is 1. The van der Waals surface area contributed by atoms with Gasteiger partial charge >= 0.3 is 0 Å². The van der Waals surface area contributed by atoms with Crippen molar-refractivity contribution in [3.8, 4) is 5.75 Å². The van der Waals surface area contributed by atoms with Gasteiger partial charge in [0.05, 0.1) is 12.8 Å². The molecule has 0 unspecified atom stereocenters. The molecule has 0 spiro atoms. The number of nitrogens with one attached hydrogen (secondary N) is 1. The molecular weight excluding hydrogens is 412 g/mol. The van der Waals surface area contributed by atoms with Gasteiger partial charge in [-0.1, -0.05) is 25.1 Å². The molecule has 31 heavy (non-hydrogen) atoms. The molecule has 1 aliphatic heterocycles. The van der Waals surface area contributed by atoms with E-state index in [2.05, 4.69) is 10.2 Å². The second kappa shape index (κ2) is 9.68. The summed E-state index contributed by atoms with van der Waals surface area (Å²) in [4.78, 5) is 35.0. The maximum Gasteiger partial charge on any atom is 0.223 e. The first-order valence-electron chi connectivity index (χ1n) is 11.0. The predicted molar refractivity (Wildman–Crippen MR) is 122 cm³/mol. The summed E-state index contributed by atoms with van der Waals surface area (Å²) < 4.78 is 5.37. The third-order valence-electron chi connectivity index (χ3n) is 6.15. The lowest BCUT2D eigenvalue weighted by molar-refractivity contribution is -0.131. The highest BCUT2D eigenvalue weighted by Crippen LogP contribution is 2.34. The molecule has 1 aliphatic carbocycles. The van der Waals surface area contributed by atoms with Crippen molar-refractivity contribution >= 4 is 28.3 Å². The molecule has 1 fully saturated rings. The highest BCUT2D eigenvalue weighted by molar-refractivity contribution is 7.15. The predicted octanol–water partition coefficient (Wildman–Crippen LogP) is 2.63. The molecule has 2 aliphatic rings. The number of piperazine rings is 1. The number of amides is 2. The number of carbonyl (C=O) groups is 2. The maximum atomic E-state index is 12.8. The number of aryl methyl sites for hydroxylation is 1. The van der Waals surface area contributed by atoms with Crippen LogP contribution in [0.3, 0.4) is 0 Å². The van der Waals surface area contributed by atoms with E-state index in [1.54, 1.807) is 18.4 Å². The smallest absolute Gasteiger partial charge is 0.223 e. The maximum absolute atomic E-state index is 12.8. The van der Waals surface area contributed by atoms with Crippen LogP contribution in [0.4, 0.5) is 5.13 Å². The zero-order chi connectivity index (χ0) is 21.8. The first kappa shape index (κ1) is 21.6. The molecule has 2 aromatic rings. The third kappa shape index (κ3) is 4.84. The molecule has 2 heterocycles. The van der Waals surface area contributed by atoms with E-state index in [-0.39, 0.29) is 17.7 Å². The van der Waals surface area contributed by atoms with Gasteiger partial charge in [0.2, 0.25) is 11.8 Å². The minimum Gasteiger partial charge on any atom is -0.496 e. The van der Waals surface area contributed by atoms with Gasteiger partial charge in [0, 0.05) is 55.5 Å². The Morgan fingerprint density at radius 2 is 2.00 bits per heavy atom. The number of hydrogen-bond acceptors (Lipinski definition) is 6. The number of nitrogens with zero attached hydrogens (tertiary/aromatic N) is 3. The topological polar surface area (TPSA) is 74.8 Å². The molecular formula is C23H30N4O3S. The molecule has 1 atom stereocenters. The Hall–Kier alpha value is -2.61. The summed E-state index contributed by atoms with van der Waals surface area (Å²) in [6.45, 7) is 5.53. The van der Waals surface area contributed by atoms with Gasteiger partial charge in [-0.05, 0) is 25.3 Å². The largest absolute Gasteiger partial charge is 0.496 e. The van der Waals surface area contributed by atoms with Gasteiger partial charge in [-0.3, -0.25) is 9.59 Å². The Morgan fingerprint density at radius 3 is 2.74 bits per heavy atom. The molecule has 7 nitrogen and oxygen atoms in total. The lowest BCUT2D eigenvalue weighted by Crippen LogP contribution is -2.48. The van der Waals surface area contributed by atoms with Crippen LogP contribution >= 0.6 is 11.3 Å². The monoisotopic (exact) mass is 442 g/mol. The molecule has 0 radical (unpaired) electrons. The first-order chi connectivity index (χ1) is 15.1. The highest BCUT2D eigenvalue weighted by Gasteiger charge is 2.29. The number of anilines is 1. The van der Waals surface area contributed by atoms with Crippen LogP contribution in [0.25, 0.3) is 0 Å². The summed E-state index contributed by atoms with van der Waals surface area (Å²) in [5.41, 5.74) is 2.12. The van der Waals surface area contributed by atoms with E-state index in [1.165, 1.54) is 4.88 Å². The van der Waals surface area contributed by atoms with Crippen molar-refractivity contribution in [2.24, 2.45) is 5.92 Å². The Kier molecular flexibility index (Phi) is 6.75. The van der Waals surface area contributed by atoms with Crippen molar-refractivity contribution in [3.63, 3.8) is 0 Å². The summed E-state index contributed by atoms with van der Waals surface area (Å²) in [6.07, 6.45) is 2.98. The highest BCUT2D eigenvalue weighted by atomic mass is 32.1. The summed E-state index contributed by atoms with van der Waals surface area (Å²) in [7, 11) is 1.65. The van der Waals surface area contributed by atoms with E-state index in [4.69, 9.17) is 9.72 Å². The van der Waals surface area contributed by atoms with Gasteiger partial charge in [-0.25, -0.2) is 4.98 Å². The molecule has 0 bridgehead atoms. The van der Waals surface area contributed by atoms with Crippen molar-refractivity contribution in [1.82, 2.24) is 15.2 Å². The number of hydrogen-bond donors (Lipinski definition) is 1. The van der Waals surface area contributed by atoms with Crippen LogP contribution in [-0.4, -0.2) is 55.0 Å². The van der Waals surface area contributed by atoms with Crippen LogP contribution in [0.1, 0.15) is 35.9 Å². The second-order valence-electron chi connectivity index (χ2n) is 8.06. The van der Waals surface area contributed by atoms with Crippen molar-refractivity contribution in [2.45, 2.75) is 39.2 Å². The van der Waals surface area contributed by atoms with Gasteiger partial charge in [-0.2, -0.15) is 0 Å². The van der Waals surface area contributed by atoms with Gasteiger partial charge in [0.1, 0.15) is 5.75 Å². The first-order valence-corrected chi connectivity index (χ1v) is 11.8. The number of methoxy groups -OCH3 is 1. The second-order valence-corrected chi connectivity index (χ2v) is 9.12. The SMILES string of the molecule is CCC(=O)N1CCN(c2nc3c(s2)C[C@@H](C(=O)NCc2ccccc2OC)CC3)CC1. The van der Waals surface area contributed by atoms with Gasteiger partial charge in [0.25, 0.3) is 0 Å². The Bertz CT molecular complexity index is 937. The van der Waals surface area contributed by atoms with E-state index in [1.807, 2.05) is 36.1 Å². The molecule has 1 N–H and O–H groups in total. The minimum absolute atomic E-state index is 0.0190. The van der Waals surface area contributed by atoms with Crippen LogP contribution in [0.5, 0.6) is 5.75 Å². The number of ether oxygens (including phenoxy) is 1. The Labute approximate surface area is 187 Å². The van der Waals surface area contributed by atoms with Crippen molar-refractivity contribution < 1.29 is 14.3 Å². The Morgan fingerprint density at radius 1 is 1.23 bits per heavy atom. The number of benzene rings is 1. The van der Waals surface area contributed by atoms with Gasteiger partial charge in [0.15, 0.2) is 5.13 Å². The number of fused-ring (bicyclic) bond motifs is 1. The Balaban J connectivity index is 1.33. The van der Waals surface area contributed by atoms with Crippen LogP contribution < -0.4 is 15.0 Å². The van der Waals surface area contributed by atoms with E-state index in [0.29, 0.717) is 13.0 Å². The van der Waals surface area contributed by atoms with Crippen LogP contribution in [0.2, 0.25) is 0 Å². The van der Waals surface area contributed by atoms with E-state index < -0.39 is 0 Å². The average molecular weight is 443 g/mol. The molecule has 2 amide bonds. The number of carbonyl (C=O) groups excluding carboxylic acids is 2. The zero-order valence-corrected chi connectivity index (χ0v) is 19.0. The average Bonchev–Trinajstić information content (AvgIpc) is 3.25. The number of thiazole rings is 1. The third-order valence-corrected chi connectivity index (χ3v) is 7.33. The molecule has 0 saturated carbocycles. The van der Waals surface area contributed by atoms with Crippen molar-refractivity contribution in [3.05, 3.63) is 40.4 Å². The number of aromatic nitrogens is 1. The molecule has 1 aromatic heterocycles. The van der Waals surface area contributed by atoms with Crippen LogP contribution in [-0.2, 0) is 29.0 Å². The van der Waals surface area contributed by atoms with Crippen molar-refractivity contribution in [2.75, 3.05) is 38.2 Å². The summed E-state index contributed by atoms with van der Waals surface area (Å²) in [6, 6.07) is 7.76. The van der Waals surface area contributed by atoms with Gasteiger partial charge in [-0.15, -0.1) is 11.3 Å². The summed E-state index contributed by atoms with van der Waals surface area (Å²) in [5, 5.41) is 4.11. The fourth-order valence-corrected chi connectivity index (χ4v) is 5.50. The fourth-order valence-electron chi connectivity index (χ4n) is 4.27. The van der Waals surface area contributed by atoms with E-state index >= 15 is 0 Å². The van der Waals surface area contributed by atoms with Gasteiger partial charge < -0.3 is 19.9 Å². The van der Waals surface area contributed by atoms with E-state index in [9.17, 15) is 9.59 Å². The fraction of sp³-hybridized carbons (Fsp3) is 0.522. The normalized spacial score (nSPS) is 18.5. The molecule has 166 valence electrons. The number of rotatable bonds is 6. The van der Waals surface area contributed by atoms with Crippen molar-refractivity contribution in [1.29, 1.82) is 0 Å². The zero-order valence-electron chi connectivity index (χ0n) is 18.2. The standard InChI is InChI=1S/C23H30N4O3S/c1-3-21(28)26-10-12-27(13-11-26)23-25-18-9-8-16(14-20(18)31-23)22(29)24-15-17-6-4-5-7-19(17)30-2/h4-7,16H,3,8-15H2,1-2H3,(H,24,29)/t16-/m0/s1. The molecule has 8 heteroatoms. The summed E-state index contributed by atoms with van der Waals surface area (Å²) in [5.74, 6) is 1.09. The molecule has 4 rings (SSSR count). The minimum atomic E-state index is -0.0190. The lowest BCUT2D eigenvalue weighted by Gasteiger charge is -2.34.